The van der Waals surface area contributed by atoms with Gasteiger partial charge in [-0.25, -0.2) is 0 Å². The Labute approximate surface area is 215 Å². The van der Waals surface area contributed by atoms with E-state index in [-0.39, 0.29) is 18.8 Å². The third-order valence-electron chi connectivity index (χ3n) is 5.62. The van der Waals surface area contributed by atoms with Crippen molar-refractivity contribution in [3.8, 4) is 11.5 Å². The Morgan fingerprint density at radius 2 is 1.29 bits per heavy atom. The van der Waals surface area contributed by atoms with Crippen LogP contribution in [0.15, 0.2) is 24.8 Å². The van der Waals surface area contributed by atoms with Gasteiger partial charge < -0.3 is 24.1 Å². The first-order valence-electron chi connectivity index (χ1n) is 11.5. The first-order valence-corrected chi connectivity index (χ1v) is 12.8. The van der Waals surface area contributed by atoms with Gasteiger partial charge in [0.15, 0.2) is 0 Å². The van der Waals surface area contributed by atoms with Crippen LogP contribution in [0.3, 0.4) is 0 Å². The van der Waals surface area contributed by atoms with E-state index < -0.39 is 0 Å². The minimum absolute atomic E-state index is 0.134. The lowest BCUT2D eigenvalue weighted by atomic mass is 10.1. The molecule has 0 spiro atoms. The number of aromatic nitrogens is 2. The molecule has 0 amide bonds. The summed E-state index contributed by atoms with van der Waals surface area (Å²) < 4.78 is 22.5. The molecule has 0 saturated carbocycles. The summed E-state index contributed by atoms with van der Waals surface area (Å²) in [6, 6.07) is 0. The molecule has 2 aromatic rings. The van der Waals surface area contributed by atoms with Crippen LogP contribution < -0.4 is 9.47 Å². The Morgan fingerprint density at radius 3 is 1.74 bits per heavy atom. The standard InChI is InChI=1S/C12H15Cl2NO2.C12H16ClNO3/c13-5-10-11(14)6-15-7-12(10)17-8-9-3-1-2-4-16-9;13-11-5-14-6-12(10(11)7-15)17-8-9-3-1-2-4-16-9/h6-7,9H,1-5,8H2;5-6,9,15H,1-4,7-8H2. The van der Waals surface area contributed by atoms with Gasteiger partial charge in [-0.15, -0.1) is 11.6 Å². The number of nitrogens with zero attached hydrogens (tertiary/aromatic N) is 2. The second-order valence-corrected chi connectivity index (χ2v) is 9.17. The maximum absolute atomic E-state index is 9.21. The maximum Gasteiger partial charge on any atom is 0.144 e. The topological polar surface area (TPSA) is 82.9 Å². The van der Waals surface area contributed by atoms with Crippen molar-refractivity contribution in [2.24, 2.45) is 0 Å². The largest absolute Gasteiger partial charge is 0.489 e. The molecule has 4 heterocycles. The Morgan fingerprint density at radius 1 is 0.794 bits per heavy atom. The smallest absolute Gasteiger partial charge is 0.144 e. The molecular weight excluding hydrogens is 503 g/mol. The van der Waals surface area contributed by atoms with Crippen molar-refractivity contribution in [3.05, 3.63) is 46.0 Å². The summed E-state index contributed by atoms with van der Waals surface area (Å²) in [6.45, 7) is 2.49. The fourth-order valence-corrected chi connectivity index (χ4v) is 4.43. The van der Waals surface area contributed by atoms with E-state index in [0.717, 1.165) is 44.5 Å². The summed E-state index contributed by atoms with van der Waals surface area (Å²) in [5.41, 5.74) is 1.37. The van der Waals surface area contributed by atoms with Crippen molar-refractivity contribution in [1.29, 1.82) is 0 Å². The van der Waals surface area contributed by atoms with Crippen LogP contribution in [0.4, 0.5) is 0 Å². The van der Waals surface area contributed by atoms with Crippen LogP contribution in [0.25, 0.3) is 0 Å². The predicted octanol–water partition coefficient (Wildman–Crippen LogP) is 5.60. The van der Waals surface area contributed by atoms with Crippen molar-refractivity contribution in [2.45, 2.75) is 63.2 Å². The normalized spacial score (nSPS) is 20.2. The summed E-state index contributed by atoms with van der Waals surface area (Å²) >= 11 is 17.7. The van der Waals surface area contributed by atoms with Gasteiger partial charge in [0.05, 0.1) is 47.1 Å². The molecule has 2 aliphatic heterocycles. The Hall–Kier alpha value is -1.35. The number of hydrogen-bond acceptors (Lipinski definition) is 7. The molecule has 2 unspecified atom stereocenters. The van der Waals surface area contributed by atoms with Crippen LogP contribution in [0.1, 0.15) is 49.7 Å². The van der Waals surface area contributed by atoms with Crippen LogP contribution in [0.5, 0.6) is 11.5 Å². The number of ether oxygens (including phenoxy) is 4. The molecule has 34 heavy (non-hydrogen) atoms. The van der Waals surface area contributed by atoms with Crippen molar-refractivity contribution >= 4 is 34.8 Å². The lowest BCUT2D eigenvalue weighted by molar-refractivity contribution is -0.0115. The second kappa shape index (κ2) is 14.9. The number of rotatable bonds is 8. The molecule has 2 aromatic heterocycles. The van der Waals surface area contributed by atoms with Crippen LogP contribution in [-0.2, 0) is 22.0 Å². The van der Waals surface area contributed by atoms with E-state index >= 15 is 0 Å². The molecule has 2 atom stereocenters. The molecule has 2 fully saturated rings. The molecule has 0 aliphatic carbocycles. The molecule has 0 bridgehead atoms. The van der Waals surface area contributed by atoms with Gasteiger partial charge in [0, 0.05) is 36.7 Å². The van der Waals surface area contributed by atoms with Gasteiger partial charge in [-0.2, -0.15) is 0 Å². The van der Waals surface area contributed by atoms with Gasteiger partial charge in [-0.05, 0) is 38.5 Å². The number of pyridine rings is 2. The van der Waals surface area contributed by atoms with Crippen molar-refractivity contribution in [2.75, 3.05) is 26.4 Å². The monoisotopic (exact) mass is 532 g/mol. The van der Waals surface area contributed by atoms with E-state index in [2.05, 4.69) is 9.97 Å². The highest BCUT2D eigenvalue weighted by Gasteiger charge is 2.17. The predicted molar refractivity (Wildman–Crippen MR) is 132 cm³/mol. The van der Waals surface area contributed by atoms with E-state index in [1.807, 2.05) is 0 Å². The number of aliphatic hydroxyl groups is 1. The molecular formula is C24H31Cl3N2O5. The molecule has 0 aromatic carbocycles. The molecule has 2 saturated heterocycles. The van der Waals surface area contributed by atoms with Crippen LogP contribution >= 0.6 is 34.8 Å². The number of aliphatic hydroxyl groups excluding tert-OH is 1. The van der Waals surface area contributed by atoms with Crippen molar-refractivity contribution in [3.63, 3.8) is 0 Å². The minimum Gasteiger partial charge on any atom is -0.489 e. The summed E-state index contributed by atoms with van der Waals surface area (Å²) in [5, 5.41) is 10.2. The zero-order valence-electron chi connectivity index (χ0n) is 19.1. The summed E-state index contributed by atoms with van der Waals surface area (Å²) in [5.74, 6) is 1.51. The van der Waals surface area contributed by atoms with Gasteiger partial charge in [0.25, 0.3) is 0 Å². The quantitative estimate of drug-likeness (QED) is 0.442. The molecule has 1 N–H and O–H groups in total. The van der Waals surface area contributed by atoms with E-state index in [9.17, 15) is 5.11 Å². The van der Waals surface area contributed by atoms with E-state index in [0.29, 0.717) is 46.2 Å². The van der Waals surface area contributed by atoms with Crippen LogP contribution in [0.2, 0.25) is 10.0 Å². The van der Waals surface area contributed by atoms with Gasteiger partial charge in [-0.1, -0.05) is 23.2 Å². The van der Waals surface area contributed by atoms with Crippen LogP contribution in [-0.4, -0.2) is 53.7 Å². The van der Waals surface area contributed by atoms with Gasteiger partial charge in [0.2, 0.25) is 0 Å². The lowest BCUT2D eigenvalue weighted by Gasteiger charge is -2.23. The Balaban J connectivity index is 0.000000191. The summed E-state index contributed by atoms with van der Waals surface area (Å²) in [4.78, 5) is 7.95. The zero-order valence-corrected chi connectivity index (χ0v) is 21.3. The van der Waals surface area contributed by atoms with Gasteiger partial charge in [-0.3, -0.25) is 9.97 Å². The minimum atomic E-state index is -0.151. The molecule has 0 radical (unpaired) electrons. The SMILES string of the molecule is ClCc1c(Cl)cncc1OCC1CCCCO1.OCc1c(Cl)cncc1OCC1CCCCO1. The second-order valence-electron chi connectivity index (χ2n) is 8.09. The average Bonchev–Trinajstić information content (AvgIpc) is 2.88. The number of alkyl halides is 1. The highest BCUT2D eigenvalue weighted by molar-refractivity contribution is 6.32. The average molecular weight is 534 g/mol. The van der Waals surface area contributed by atoms with Crippen LogP contribution in [0, 0.1) is 0 Å². The van der Waals surface area contributed by atoms with E-state index in [1.165, 1.54) is 19.0 Å². The zero-order chi connectivity index (χ0) is 24.2. The first kappa shape index (κ1) is 27.2. The van der Waals surface area contributed by atoms with Gasteiger partial charge in [0.1, 0.15) is 24.7 Å². The van der Waals surface area contributed by atoms with Crippen molar-refractivity contribution in [1.82, 2.24) is 9.97 Å². The maximum atomic E-state index is 9.21. The third-order valence-corrected chi connectivity index (χ3v) is 6.54. The summed E-state index contributed by atoms with van der Waals surface area (Å²) in [6.07, 6.45) is 13.3. The fraction of sp³-hybridized carbons (Fsp3) is 0.583. The molecule has 4 rings (SSSR count). The molecule has 7 nitrogen and oxygen atoms in total. The third kappa shape index (κ3) is 8.40. The number of hydrogen-bond donors (Lipinski definition) is 1. The molecule has 2 aliphatic rings. The molecule has 10 heteroatoms. The number of halogens is 3. The van der Waals surface area contributed by atoms with E-state index in [1.54, 1.807) is 18.6 Å². The first-order chi connectivity index (χ1) is 16.6. The van der Waals surface area contributed by atoms with E-state index in [4.69, 9.17) is 53.8 Å². The van der Waals surface area contributed by atoms with Crippen molar-refractivity contribution < 1.29 is 24.1 Å². The highest BCUT2D eigenvalue weighted by atomic mass is 35.5. The molecule has 188 valence electrons. The Bertz CT molecular complexity index is 806. The highest BCUT2D eigenvalue weighted by Crippen LogP contribution is 2.28. The Kier molecular flexibility index (Phi) is 11.9. The fourth-order valence-electron chi connectivity index (χ4n) is 3.66. The lowest BCUT2D eigenvalue weighted by Crippen LogP contribution is -2.26. The summed E-state index contributed by atoms with van der Waals surface area (Å²) in [7, 11) is 0. The van der Waals surface area contributed by atoms with Gasteiger partial charge >= 0.3 is 0 Å².